The number of nitrogens with zero attached hydrogens (tertiary/aromatic N) is 1. The lowest BCUT2D eigenvalue weighted by Crippen LogP contribution is -2.43. The van der Waals surface area contributed by atoms with E-state index in [0.717, 1.165) is 13.1 Å². The highest BCUT2D eigenvalue weighted by Gasteiger charge is 2.21. The smallest absolute Gasteiger partial charge is 0.315 e. The van der Waals surface area contributed by atoms with E-state index in [2.05, 4.69) is 15.3 Å². The van der Waals surface area contributed by atoms with Gasteiger partial charge in [-0.15, -0.1) is 0 Å². The van der Waals surface area contributed by atoms with Crippen LogP contribution in [0.25, 0.3) is 0 Å². The molecule has 1 saturated heterocycles. The lowest BCUT2D eigenvalue weighted by molar-refractivity contribution is 0.426. The van der Waals surface area contributed by atoms with Crippen LogP contribution in [0.4, 0.5) is 0 Å². The van der Waals surface area contributed by atoms with Crippen LogP contribution >= 0.6 is 0 Å². The van der Waals surface area contributed by atoms with Gasteiger partial charge in [-0.3, -0.25) is 9.97 Å². The summed E-state index contributed by atoms with van der Waals surface area (Å²) in [7, 11) is 0. The number of aromatic amines is 2. The number of nitrogens with one attached hydrogen (secondary N) is 3. The number of rotatable bonds is 1. The van der Waals surface area contributed by atoms with Gasteiger partial charge in [-0.1, -0.05) is 0 Å². The molecule has 0 aliphatic carbocycles. The molecule has 1 aliphatic heterocycles. The Labute approximate surface area is 67.1 Å². The van der Waals surface area contributed by atoms with Gasteiger partial charge >= 0.3 is 11.4 Å². The van der Waals surface area contributed by atoms with Gasteiger partial charge in [0.15, 0.2) is 0 Å². The maximum atomic E-state index is 10.8. The molecule has 1 aromatic heterocycles. The Morgan fingerprint density at radius 1 is 1.25 bits per heavy atom. The first-order valence-corrected chi connectivity index (χ1v) is 3.67. The summed E-state index contributed by atoms with van der Waals surface area (Å²) in [5.41, 5.74) is -1.07. The monoisotopic (exact) mass is 168 g/mol. The summed E-state index contributed by atoms with van der Waals surface area (Å²) in [5, 5.41) is 3.02. The van der Waals surface area contributed by atoms with E-state index < -0.39 is 11.4 Å². The summed E-state index contributed by atoms with van der Waals surface area (Å²) in [6.45, 7) is 1.54. The number of H-pyrrole nitrogens is 2. The molecule has 1 fully saturated rings. The molecule has 6 heteroatoms. The van der Waals surface area contributed by atoms with Crippen LogP contribution in [0.1, 0.15) is 11.7 Å². The van der Waals surface area contributed by atoms with E-state index in [1.807, 2.05) is 4.98 Å². The molecule has 0 radical (unpaired) electrons. The van der Waals surface area contributed by atoms with Crippen LogP contribution in [0.15, 0.2) is 9.59 Å². The zero-order chi connectivity index (χ0) is 8.55. The Bertz CT molecular complexity index is 361. The van der Waals surface area contributed by atoms with Gasteiger partial charge in [0, 0.05) is 19.0 Å². The summed E-state index contributed by atoms with van der Waals surface area (Å²) >= 11 is 0. The normalized spacial score (nSPS) is 17.3. The Hall–Kier alpha value is -1.43. The van der Waals surface area contributed by atoms with Crippen LogP contribution in [0.5, 0.6) is 0 Å². The average molecular weight is 168 g/mol. The van der Waals surface area contributed by atoms with Crippen molar-refractivity contribution in [1.29, 1.82) is 0 Å². The maximum Gasteiger partial charge on any atom is 0.350 e. The molecule has 1 aromatic rings. The van der Waals surface area contributed by atoms with Gasteiger partial charge in [0.25, 0.3) is 0 Å². The topological polar surface area (TPSA) is 90.6 Å². The summed E-state index contributed by atoms with van der Waals surface area (Å²) in [4.78, 5) is 29.7. The molecule has 1 aliphatic rings. The first-order valence-electron chi connectivity index (χ1n) is 3.67. The van der Waals surface area contributed by atoms with Gasteiger partial charge in [0.05, 0.1) is 0 Å². The van der Waals surface area contributed by atoms with Crippen molar-refractivity contribution in [3.8, 4) is 0 Å². The Balaban J connectivity index is 2.43. The van der Waals surface area contributed by atoms with Gasteiger partial charge in [-0.2, -0.15) is 4.98 Å². The van der Waals surface area contributed by atoms with Gasteiger partial charge in [-0.25, -0.2) is 9.59 Å². The van der Waals surface area contributed by atoms with Crippen molar-refractivity contribution in [2.24, 2.45) is 0 Å². The van der Waals surface area contributed by atoms with E-state index in [0.29, 0.717) is 5.82 Å². The SMILES string of the molecule is O=c1nc(C2CNC2)[nH]c(=O)[nH]1. The van der Waals surface area contributed by atoms with Crippen molar-refractivity contribution in [2.45, 2.75) is 5.92 Å². The van der Waals surface area contributed by atoms with Crippen LogP contribution in [0, 0.1) is 0 Å². The quantitative estimate of drug-likeness (QED) is 0.459. The molecule has 0 amide bonds. The fourth-order valence-electron chi connectivity index (χ4n) is 1.09. The molecule has 2 heterocycles. The van der Waals surface area contributed by atoms with Crippen molar-refractivity contribution >= 4 is 0 Å². The van der Waals surface area contributed by atoms with E-state index in [9.17, 15) is 9.59 Å². The highest BCUT2D eigenvalue weighted by molar-refractivity contribution is 5.01. The third kappa shape index (κ3) is 1.16. The minimum atomic E-state index is -0.583. The zero-order valence-electron chi connectivity index (χ0n) is 6.26. The second-order valence-corrected chi connectivity index (χ2v) is 2.74. The molecule has 0 aromatic carbocycles. The molecule has 12 heavy (non-hydrogen) atoms. The van der Waals surface area contributed by atoms with E-state index in [-0.39, 0.29) is 5.92 Å². The maximum absolute atomic E-state index is 10.8. The van der Waals surface area contributed by atoms with Crippen LogP contribution < -0.4 is 16.7 Å². The predicted molar refractivity (Wildman–Crippen MR) is 41.1 cm³/mol. The van der Waals surface area contributed by atoms with E-state index in [1.165, 1.54) is 0 Å². The second-order valence-electron chi connectivity index (χ2n) is 2.74. The Morgan fingerprint density at radius 3 is 2.50 bits per heavy atom. The third-order valence-electron chi connectivity index (χ3n) is 1.85. The fourth-order valence-corrected chi connectivity index (χ4v) is 1.09. The minimum absolute atomic E-state index is 0.181. The molecular weight excluding hydrogens is 160 g/mol. The number of hydrogen-bond donors (Lipinski definition) is 3. The Kier molecular flexibility index (Phi) is 1.54. The minimum Gasteiger partial charge on any atom is -0.315 e. The zero-order valence-corrected chi connectivity index (χ0v) is 6.26. The summed E-state index contributed by atoms with van der Waals surface area (Å²) in [5.74, 6) is 0.655. The lowest BCUT2D eigenvalue weighted by Gasteiger charge is -2.25. The molecule has 0 bridgehead atoms. The number of hydrogen-bond acceptors (Lipinski definition) is 4. The average Bonchev–Trinajstić information content (AvgIpc) is 1.79. The van der Waals surface area contributed by atoms with Crippen LogP contribution in [0.2, 0.25) is 0 Å². The van der Waals surface area contributed by atoms with Crippen molar-refractivity contribution in [1.82, 2.24) is 20.3 Å². The van der Waals surface area contributed by atoms with Crippen LogP contribution in [-0.2, 0) is 0 Å². The van der Waals surface area contributed by atoms with E-state index in [1.54, 1.807) is 0 Å². The lowest BCUT2D eigenvalue weighted by atomic mass is 10.0. The molecule has 0 saturated carbocycles. The second kappa shape index (κ2) is 2.56. The number of aromatic nitrogens is 3. The van der Waals surface area contributed by atoms with Crippen LogP contribution in [-0.4, -0.2) is 28.0 Å². The summed E-state index contributed by atoms with van der Waals surface area (Å²) < 4.78 is 0. The fraction of sp³-hybridized carbons (Fsp3) is 0.500. The summed E-state index contributed by atoms with van der Waals surface area (Å²) in [6, 6.07) is 0. The molecule has 0 atom stereocenters. The van der Waals surface area contributed by atoms with Gasteiger partial charge in [0.1, 0.15) is 5.82 Å². The van der Waals surface area contributed by atoms with Crippen molar-refractivity contribution in [3.05, 3.63) is 26.8 Å². The Morgan fingerprint density at radius 2 is 2.00 bits per heavy atom. The van der Waals surface area contributed by atoms with Crippen LogP contribution in [0.3, 0.4) is 0 Å². The van der Waals surface area contributed by atoms with Crippen molar-refractivity contribution in [2.75, 3.05) is 13.1 Å². The highest BCUT2D eigenvalue weighted by Crippen LogP contribution is 2.11. The first kappa shape index (κ1) is 7.23. The summed E-state index contributed by atoms with van der Waals surface area (Å²) in [6.07, 6.45) is 0. The molecule has 0 spiro atoms. The van der Waals surface area contributed by atoms with Crippen molar-refractivity contribution in [3.63, 3.8) is 0 Å². The molecule has 2 rings (SSSR count). The third-order valence-corrected chi connectivity index (χ3v) is 1.85. The molecule has 0 unspecified atom stereocenters. The molecule has 6 nitrogen and oxygen atoms in total. The predicted octanol–water partition coefficient (Wildman–Crippen LogP) is -1.85. The highest BCUT2D eigenvalue weighted by atomic mass is 16.2. The van der Waals surface area contributed by atoms with Gasteiger partial charge in [-0.05, 0) is 0 Å². The van der Waals surface area contributed by atoms with Gasteiger partial charge in [0.2, 0.25) is 0 Å². The van der Waals surface area contributed by atoms with Crippen molar-refractivity contribution < 1.29 is 0 Å². The first-order chi connectivity index (χ1) is 5.75. The van der Waals surface area contributed by atoms with E-state index >= 15 is 0 Å². The van der Waals surface area contributed by atoms with E-state index in [4.69, 9.17) is 0 Å². The molecular formula is C6H8N4O2. The van der Waals surface area contributed by atoms with Gasteiger partial charge < -0.3 is 5.32 Å². The standard InChI is InChI=1S/C6H8N4O2/c11-5-8-4(3-1-7-2-3)9-6(12)10-5/h3,7H,1-2H2,(H2,8,9,10,11,12). The molecule has 64 valence electrons. The largest absolute Gasteiger partial charge is 0.350 e. The molecule has 3 N–H and O–H groups in total.